The Labute approximate surface area is 143 Å². The van der Waals surface area contributed by atoms with Crippen LogP contribution in [0.3, 0.4) is 0 Å². The smallest absolute Gasteiger partial charge is 0.213 e. The fourth-order valence-electron chi connectivity index (χ4n) is 1.55. The average molecular weight is 302 g/mol. The van der Waals surface area contributed by atoms with Crippen LogP contribution < -0.4 is 0 Å². The Morgan fingerprint density at radius 3 is 0.941 bits per heavy atom. The van der Waals surface area contributed by atoms with Gasteiger partial charge in [0, 0.05) is 0 Å². The second-order valence-electron chi connectivity index (χ2n) is 4.75. The van der Waals surface area contributed by atoms with Crippen molar-refractivity contribution < 1.29 is 0 Å². The van der Waals surface area contributed by atoms with Gasteiger partial charge < -0.3 is 0 Å². The first-order valence-corrected chi connectivity index (χ1v) is 6.04. The third kappa shape index (κ3) is 6.61. The van der Waals surface area contributed by atoms with Crippen molar-refractivity contribution in [3.05, 3.63) is 59.7 Å². The molecule has 0 unspecified atom stereocenters. The molecule has 0 N–H and O–H groups in total. The second kappa shape index (κ2) is 9.16. The van der Waals surface area contributed by atoms with Crippen LogP contribution in [0, 0.1) is 0 Å². The van der Waals surface area contributed by atoms with Crippen molar-refractivity contribution in [2.24, 2.45) is 0 Å². The van der Waals surface area contributed by atoms with Gasteiger partial charge in [-0.1, -0.05) is 39.5 Å². The molecule has 0 heterocycles. The van der Waals surface area contributed by atoms with E-state index in [1.54, 1.807) is 0 Å². The summed E-state index contributed by atoms with van der Waals surface area (Å²) in [5.74, 6) is 1.37. The predicted molar refractivity (Wildman–Crippen MR) is 78.0 cm³/mol. The Hall–Kier alpha value is 0.181. The normalized spacial score (nSPS) is 9.76. The molecule has 88 valence electrons. The van der Waals surface area contributed by atoms with E-state index in [9.17, 15) is 0 Å². The maximum Gasteiger partial charge on any atom is 2.00 e. The van der Waals surface area contributed by atoms with Crippen molar-refractivity contribution in [3.63, 3.8) is 0 Å². The van der Waals surface area contributed by atoms with Gasteiger partial charge in [0.05, 0.1) is 0 Å². The van der Waals surface area contributed by atoms with E-state index in [0.717, 1.165) is 0 Å². The first kappa shape index (κ1) is 17.2. The number of hydrogen-bond acceptors (Lipinski definition) is 0. The van der Waals surface area contributed by atoms with E-state index in [2.05, 4.69) is 76.2 Å². The fourth-order valence-corrected chi connectivity index (χ4v) is 1.55. The number of rotatable bonds is 2. The number of hydrogen-bond donors (Lipinski definition) is 0. The zero-order chi connectivity index (χ0) is 12.0. The van der Waals surface area contributed by atoms with Crippen molar-refractivity contribution in [3.8, 4) is 0 Å². The Bertz CT molecular complexity index is 314. The summed E-state index contributed by atoms with van der Waals surface area (Å²) in [5.41, 5.74) is 2.87. The van der Waals surface area contributed by atoms with Crippen molar-refractivity contribution in [2.45, 2.75) is 39.5 Å². The first-order valence-electron chi connectivity index (χ1n) is 6.04. The van der Waals surface area contributed by atoms with E-state index < -0.39 is 0 Å². The van der Waals surface area contributed by atoms with E-state index in [1.165, 1.54) is 11.1 Å². The molecular weight excluding hydrogens is 280 g/mol. The molecule has 0 nitrogen and oxygen atoms in total. The van der Waals surface area contributed by atoms with Gasteiger partial charge in [-0.25, -0.2) is 24.3 Å². The summed E-state index contributed by atoms with van der Waals surface area (Å²) in [6.45, 7) is 8.81. The maximum absolute atomic E-state index is 2.20. The molecule has 0 radical (unpaired) electrons. The van der Waals surface area contributed by atoms with E-state index in [4.69, 9.17) is 0 Å². The zero-order valence-electron chi connectivity index (χ0n) is 11.5. The van der Waals surface area contributed by atoms with Gasteiger partial charge in [0.25, 0.3) is 0 Å². The van der Waals surface area contributed by atoms with E-state index in [1.807, 2.05) is 0 Å². The van der Waals surface area contributed by atoms with Gasteiger partial charge in [-0.05, 0) is 0 Å². The van der Waals surface area contributed by atoms with Gasteiger partial charge in [-0.2, -0.15) is 35.4 Å². The molecule has 0 aliphatic heterocycles. The largest absolute Gasteiger partial charge is 2.00 e. The Kier molecular flexibility index (Phi) is 9.25. The molecule has 1 heteroatoms. The molecule has 2 aromatic rings. The second-order valence-corrected chi connectivity index (χ2v) is 4.75. The molecule has 0 aromatic heterocycles. The van der Waals surface area contributed by atoms with Crippen LogP contribution in [0.2, 0.25) is 0 Å². The minimum atomic E-state index is 0. The molecule has 0 saturated carbocycles. The fraction of sp³-hybridized carbons (Fsp3) is 0.375. The summed E-state index contributed by atoms with van der Waals surface area (Å²) in [6.07, 6.45) is 0. The van der Waals surface area contributed by atoms with Crippen molar-refractivity contribution in [1.29, 1.82) is 0 Å². The minimum absolute atomic E-state index is 0. The van der Waals surface area contributed by atoms with Crippen LogP contribution in [0.25, 0.3) is 0 Å². The zero-order valence-corrected chi connectivity index (χ0v) is 15.0. The van der Waals surface area contributed by atoms with Gasteiger partial charge >= 0.3 is 45.5 Å². The van der Waals surface area contributed by atoms with E-state index >= 15 is 0 Å². The van der Waals surface area contributed by atoms with Gasteiger partial charge in [0.2, 0.25) is 0 Å². The van der Waals surface area contributed by atoms with Crippen LogP contribution in [0.15, 0.2) is 48.5 Å². The summed E-state index contributed by atoms with van der Waals surface area (Å²) >= 11 is 0. The van der Waals surface area contributed by atoms with Crippen LogP contribution in [-0.2, 0) is 0 Å². The first-order chi connectivity index (χ1) is 7.61. The third-order valence-corrected chi connectivity index (χ3v) is 2.71. The van der Waals surface area contributed by atoms with Crippen LogP contribution in [0.5, 0.6) is 0 Å². The quantitative estimate of drug-likeness (QED) is 0.558. The standard InChI is InChI=1S/2C8H11.Sr/c2*1-7(2)8-5-3-4-6-8;/h2*3-7H,1-2H3;/q2*-1;+2. The molecule has 0 atom stereocenters. The molecule has 0 fully saturated rings. The summed E-state index contributed by atoms with van der Waals surface area (Å²) in [5, 5.41) is 0. The molecule has 0 aliphatic carbocycles. The van der Waals surface area contributed by atoms with Gasteiger partial charge in [0.15, 0.2) is 0 Å². The molecular formula is C16H22Sr. The monoisotopic (exact) mass is 302 g/mol. The predicted octanol–water partition coefficient (Wildman–Crippen LogP) is 4.68. The summed E-state index contributed by atoms with van der Waals surface area (Å²) < 4.78 is 0. The topological polar surface area (TPSA) is 0 Å². The Morgan fingerprint density at radius 1 is 0.588 bits per heavy atom. The molecule has 2 rings (SSSR count). The minimum Gasteiger partial charge on any atom is -0.213 e. The van der Waals surface area contributed by atoms with Gasteiger partial charge in [0.1, 0.15) is 0 Å². The SMILES string of the molecule is CC(C)[c-]1cccc1.CC(C)[c-]1cccc1.[Sr+2]. The molecule has 2 aromatic carbocycles. The molecule has 0 aliphatic rings. The average Bonchev–Trinajstić information content (AvgIpc) is 2.93. The third-order valence-electron chi connectivity index (χ3n) is 2.71. The van der Waals surface area contributed by atoms with Gasteiger partial charge in [-0.15, -0.1) is 0 Å². The molecule has 0 saturated heterocycles. The van der Waals surface area contributed by atoms with Crippen LogP contribution >= 0.6 is 0 Å². The molecule has 0 amide bonds. The van der Waals surface area contributed by atoms with E-state index in [-0.39, 0.29) is 45.5 Å². The van der Waals surface area contributed by atoms with Gasteiger partial charge in [-0.3, -0.25) is 0 Å². The summed E-state index contributed by atoms with van der Waals surface area (Å²) in [6, 6.07) is 16.9. The van der Waals surface area contributed by atoms with Crippen molar-refractivity contribution in [1.82, 2.24) is 0 Å². The van der Waals surface area contributed by atoms with Crippen LogP contribution in [-0.4, -0.2) is 45.5 Å². The summed E-state index contributed by atoms with van der Waals surface area (Å²) in [4.78, 5) is 0. The molecule has 0 bridgehead atoms. The van der Waals surface area contributed by atoms with Crippen molar-refractivity contribution in [2.75, 3.05) is 0 Å². The molecule has 0 spiro atoms. The van der Waals surface area contributed by atoms with Crippen molar-refractivity contribution >= 4 is 45.5 Å². The maximum atomic E-state index is 2.20. The van der Waals surface area contributed by atoms with Crippen LogP contribution in [0.4, 0.5) is 0 Å². The van der Waals surface area contributed by atoms with Crippen LogP contribution in [0.1, 0.15) is 50.7 Å². The Morgan fingerprint density at radius 2 is 0.824 bits per heavy atom. The van der Waals surface area contributed by atoms with E-state index in [0.29, 0.717) is 11.8 Å². The Balaban J connectivity index is 0.000000284. The molecule has 17 heavy (non-hydrogen) atoms. The summed E-state index contributed by atoms with van der Waals surface area (Å²) in [7, 11) is 0.